The van der Waals surface area contributed by atoms with Crippen LogP contribution in [0.25, 0.3) is 0 Å². The minimum absolute atomic E-state index is 0.00938. The van der Waals surface area contributed by atoms with Gasteiger partial charge in [0.2, 0.25) is 0 Å². The number of rotatable bonds is 4. The van der Waals surface area contributed by atoms with Crippen molar-refractivity contribution in [2.45, 2.75) is 18.9 Å². The van der Waals surface area contributed by atoms with Crippen molar-refractivity contribution in [2.75, 3.05) is 20.2 Å². The standard InChI is InChI=1S/C20H21ClN2O3/c1-26-18-8-4-15(5-9-18)20(25)23-12-10-17(11-13-23)22-19(24)14-2-6-16(21)7-3-14/h2-9,17H,10-13H2,1H3,(H,22,24). The minimum atomic E-state index is -0.110. The zero-order valence-corrected chi connectivity index (χ0v) is 15.3. The second-order valence-corrected chi connectivity index (χ2v) is 6.71. The number of benzene rings is 2. The average molecular weight is 373 g/mol. The summed E-state index contributed by atoms with van der Waals surface area (Å²) in [5, 5.41) is 3.64. The zero-order valence-electron chi connectivity index (χ0n) is 14.6. The minimum Gasteiger partial charge on any atom is -0.497 e. The lowest BCUT2D eigenvalue weighted by molar-refractivity contribution is 0.0698. The quantitative estimate of drug-likeness (QED) is 0.895. The highest BCUT2D eigenvalue weighted by Gasteiger charge is 2.24. The number of hydrogen-bond acceptors (Lipinski definition) is 3. The molecule has 0 aliphatic carbocycles. The van der Waals surface area contributed by atoms with Crippen molar-refractivity contribution in [2.24, 2.45) is 0 Å². The van der Waals surface area contributed by atoms with Crippen LogP contribution >= 0.6 is 11.6 Å². The van der Waals surface area contributed by atoms with Crippen LogP contribution in [0.1, 0.15) is 33.6 Å². The summed E-state index contributed by atoms with van der Waals surface area (Å²) < 4.78 is 5.12. The van der Waals surface area contributed by atoms with E-state index >= 15 is 0 Å². The van der Waals surface area contributed by atoms with Crippen molar-refractivity contribution in [1.82, 2.24) is 10.2 Å². The highest BCUT2D eigenvalue weighted by molar-refractivity contribution is 6.30. The van der Waals surface area contributed by atoms with Crippen LogP contribution in [0.4, 0.5) is 0 Å². The molecule has 1 N–H and O–H groups in total. The van der Waals surface area contributed by atoms with Gasteiger partial charge < -0.3 is 15.0 Å². The summed E-state index contributed by atoms with van der Waals surface area (Å²) in [6.45, 7) is 1.24. The fourth-order valence-corrected chi connectivity index (χ4v) is 3.14. The van der Waals surface area contributed by atoms with Gasteiger partial charge in [0.1, 0.15) is 5.75 Å². The summed E-state index contributed by atoms with van der Waals surface area (Å²) in [6.07, 6.45) is 1.47. The number of halogens is 1. The van der Waals surface area contributed by atoms with Crippen LogP contribution in [0.5, 0.6) is 5.75 Å². The Kier molecular flexibility index (Phi) is 5.78. The maximum atomic E-state index is 12.6. The molecule has 2 aromatic carbocycles. The van der Waals surface area contributed by atoms with Gasteiger partial charge in [0.15, 0.2) is 0 Å². The largest absolute Gasteiger partial charge is 0.497 e. The van der Waals surface area contributed by atoms with Crippen molar-refractivity contribution >= 4 is 23.4 Å². The topological polar surface area (TPSA) is 58.6 Å². The molecule has 0 unspecified atom stereocenters. The van der Waals surface area contributed by atoms with Gasteiger partial charge in [0.25, 0.3) is 11.8 Å². The maximum absolute atomic E-state index is 12.6. The molecule has 26 heavy (non-hydrogen) atoms. The Morgan fingerprint density at radius 2 is 1.58 bits per heavy atom. The van der Waals surface area contributed by atoms with Crippen molar-refractivity contribution in [3.8, 4) is 5.75 Å². The second-order valence-electron chi connectivity index (χ2n) is 6.28. The molecule has 0 aromatic heterocycles. The van der Waals surface area contributed by atoms with Crippen molar-refractivity contribution in [1.29, 1.82) is 0 Å². The number of methoxy groups -OCH3 is 1. The summed E-state index contributed by atoms with van der Waals surface area (Å²) in [4.78, 5) is 26.7. The molecular weight excluding hydrogens is 352 g/mol. The van der Waals surface area contributed by atoms with Gasteiger partial charge in [-0.25, -0.2) is 0 Å². The second kappa shape index (κ2) is 8.23. The molecule has 0 spiro atoms. The van der Waals surface area contributed by atoms with Crippen molar-refractivity contribution in [3.63, 3.8) is 0 Å². The van der Waals surface area contributed by atoms with Crippen LogP contribution in [0.15, 0.2) is 48.5 Å². The first-order chi connectivity index (χ1) is 12.6. The van der Waals surface area contributed by atoms with Crippen LogP contribution in [0.2, 0.25) is 5.02 Å². The molecule has 5 nitrogen and oxygen atoms in total. The monoisotopic (exact) mass is 372 g/mol. The molecule has 6 heteroatoms. The molecule has 1 aliphatic rings. The molecule has 136 valence electrons. The lowest BCUT2D eigenvalue weighted by Gasteiger charge is -2.32. The predicted molar refractivity (Wildman–Crippen MR) is 101 cm³/mol. The van der Waals surface area contributed by atoms with Gasteiger partial charge >= 0.3 is 0 Å². The van der Waals surface area contributed by atoms with Gasteiger partial charge in [-0.1, -0.05) is 11.6 Å². The number of ether oxygens (including phenoxy) is 1. The summed E-state index contributed by atoms with van der Waals surface area (Å²) in [7, 11) is 1.60. The Bertz CT molecular complexity index is 767. The van der Waals surface area contributed by atoms with E-state index in [0.717, 1.165) is 18.6 Å². The van der Waals surface area contributed by atoms with E-state index in [1.54, 1.807) is 55.6 Å². The maximum Gasteiger partial charge on any atom is 0.253 e. The van der Waals surface area contributed by atoms with Gasteiger partial charge in [0, 0.05) is 35.3 Å². The zero-order chi connectivity index (χ0) is 18.5. The Balaban J connectivity index is 1.52. The van der Waals surface area contributed by atoms with Gasteiger partial charge in [-0.2, -0.15) is 0 Å². The summed E-state index contributed by atoms with van der Waals surface area (Å²) in [5.41, 5.74) is 1.24. The number of nitrogens with one attached hydrogen (secondary N) is 1. The predicted octanol–water partition coefficient (Wildman–Crippen LogP) is 3.38. The Hall–Kier alpha value is -2.53. The molecule has 0 radical (unpaired) electrons. The molecule has 1 saturated heterocycles. The Morgan fingerprint density at radius 3 is 2.15 bits per heavy atom. The molecule has 1 aliphatic heterocycles. The number of nitrogens with zero attached hydrogens (tertiary/aromatic N) is 1. The van der Waals surface area contributed by atoms with Gasteiger partial charge in [0.05, 0.1) is 7.11 Å². The highest BCUT2D eigenvalue weighted by Crippen LogP contribution is 2.17. The third kappa shape index (κ3) is 4.35. The first-order valence-electron chi connectivity index (χ1n) is 8.56. The summed E-state index contributed by atoms with van der Waals surface area (Å²) in [6, 6.07) is 14.0. The normalized spacial score (nSPS) is 14.8. The lowest BCUT2D eigenvalue weighted by atomic mass is 10.0. The molecule has 0 saturated carbocycles. The fourth-order valence-electron chi connectivity index (χ4n) is 3.01. The van der Waals surface area contributed by atoms with Crippen LogP contribution in [-0.2, 0) is 0 Å². The SMILES string of the molecule is COc1ccc(C(=O)N2CCC(NC(=O)c3ccc(Cl)cc3)CC2)cc1. The van der Waals surface area contributed by atoms with Crippen molar-refractivity contribution < 1.29 is 14.3 Å². The molecule has 2 amide bonds. The molecule has 2 aromatic rings. The molecule has 1 heterocycles. The molecule has 3 rings (SSSR count). The molecular formula is C20H21ClN2O3. The molecule has 1 fully saturated rings. The van der Waals surface area contributed by atoms with E-state index in [0.29, 0.717) is 29.2 Å². The van der Waals surface area contributed by atoms with Crippen LogP contribution in [0, 0.1) is 0 Å². The van der Waals surface area contributed by atoms with Crippen molar-refractivity contribution in [3.05, 3.63) is 64.7 Å². The highest BCUT2D eigenvalue weighted by atomic mass is 35.5. The van der Waals surface area contributed by atoms with E-state index in [9.17, 15) is 9.59 Å². The number of hydrogen-bond donors (Lipinski definition) is 1. The Labute approximate surface area is 157 Å². The number of carbonyl (C=O) groups excluding carboxylic acids is 2. The number of piperidine rings is 1. The average Bonchev–Trinajstić information content (AvgIpc) is 2.68. The van der Waals surface area contributed by atoms with Crippen LogP contribution < -0.4 is 10.1 Å². The smallest absolute Gasteiger partial charge is 0.253 e. The molecule has 0 atom stereocenters. The number of carbonyl (C=O) groups is 2. The fraction of sp³-hybridized carbons (Fsp3) is 0.300. The van der Waals surface area contributed by atoms with Gasteiger partial charge in [-0.3, -0.25) is 9.59 Å². The van der Waals surface area contributed by atoms with Gasteiger partial charge in [-0.15, -0.1) is 0 Å². The number of likely N-dealkylation sites (tertiary alicyclic amines) is 1. The van der Waals surface area contributed by atoms with Crippen LogP contribution in [0.3, 0.4) is 0 Å². The third-order valence-electron chi connectivity index (χ3n) is 4.56. The van der Waals surface area contributed by atoms with E-state index < -0.39 is 0 Å². The lowest BCUT2D eigenvalue weighted by Crippen LogP contribution is -2.46. The summed E-state index contributed by atoms with van der Waals surface area (Å²) in [5.74, 6) is 0.627. The Morgan fingerprint density at radius 1 is 1.00 bits per heavy atom. The van der Waals surface area contributed by atoms with E-state index in [1.165, 1.54) is 0 Å². The van der Waals surface area contributed by atoms with Crippen LogP contribution in [-0.4, -0.2) is 43.0 Å². The van der Waals surface area contributed by atoms with Gasteiger partial charge in [-0.05, 0) is 61.4 Å². The molecule has 0 bridgehead atoms. The third-order valence-corrected chi connectivity index (χ3v) is 4.81. The van der Waals surface area contributed by atoms with E-state index in [1.807, 2.05) is 4.90 Å². The first-order valence-corrected chi connectivity index (χ1v) is 8.94. The first kappa shape index (κ1) is 18.3. The summed E-state index contributed by atoms with van der Waals surface area (Å²) >= 11 is 5.85. The van der Waals surface area contributed by atoms with E-state index in [4.69, 9.17) is 16.3 Å². The number of amides is 2. The van der Waals surface area contributed by atoms with E-state index in [2.05, 4.69) is 5.32 Å². The van der Waals surface area contributed by atoms with E-state index in [-0.39, 0.29) is 17.9 Å².